The summed E-state index contributed by atoms with van der Waals surface area (Å²) in [6.07, 6.45) is 0. The maximum absolute atomic E-state index is 12.5. The molecule has 1 atom stereocenters. The molecule has 1 aromatic carbocycles. The molecule has 2 rings (SSSR count). The van der Waals surface area contributed by atoms with E-state index >= 15 is 0 Å². The summed E-state index contributed by atoms with van der Waals surface area (Å²) in [5.41, 5.74) is -1.70. The quantitative estimate of drug-likeness (QED) is 0.472. The maximum Gasteiger partial charge on any atom is 0.416 e. The normalized spacial score (nSPS) is 29.7. The van der Waals surface area contributed by atoms with Crippen molar-refractivity contribution in [2.45, 2.75) is 38.8 Å². The monoisotopic (exact) mass is 250 g/mol. The van der Waals surface area contributed by atoms with Crippen LogP contribution in [0.3, 0.4) is 0 Å². The topological polar surface area (TPSA) is 69.4 Å². The summed E-state index contributed by atoms with van der Waals surface area (Å²) in [7, 11) is 0. The van der Waals surface area contributed by atoms with Gasteiger partial charge in [-0.25, -0.2) is 5.21 Å². The number of hydrogen-bond acceptors (Lipinski definition) is 3. The Labute approximate surface area is 106 Å². The largest absolute Gasteiger partial charge is 0.619 e. The summed E-state index contributed by atoms with van der Waals surface area (Å²) >= 11 is 0. The van der Waals surface area contributed by atoms with Crippen LogP contribution >= 0.6 is 0 Å². The van der Waals surface area contributed by atoms with Crippen molar-refractivity contribution in [1.82, 2.24) is 0 Å². The molecule has 0 spiro atoms. The van der Waals surface area contributed by atoms with E-state index in [4.69, 9.17) is 0 Å². The smallest absolute Gasteiger partial charge is 0.416 e. The molecule has 0 saturated carbocycles. The number of hydroxylamine groups is 5. The Bertz CT molecular complexity index is 504. The molecule has 0 bridgehead atoms. The van der Waals surface area contributed by atoms with Gasteiger partial charge in [0.15, 0.2) is 5.54 Å². The highest BCUT2D eigenvalue weighted by molar-refractivity contribution is 5.90. The third-order valence-electron chi connectivity index (χ3n) is 4.27. The lowest BCUT2D eigenvalue weighted by molar-refractivity contribution is -1.03. The first-order chi connectivity index (χ1) is 8.14. The number of nitrogens with zero attached hydrogens (tertiary/aromatic N) is 2. The molecule has 0 saturated heterocycles. The lowest BCUT2D eigenvalue weighted by Crippen LogP contribution is -2.62. The first-order valence-corrected chi connectivity index (χ1v) is 5.87. The summed E-state index contributed by atoms with van der Waals surface area (Å²) in [6, 6.07) is 8.56. The fourth-order valence-electron chi connectivity index (χ4n) is 2.15. The fourth-order valence-corrected chi connectivity index (χ4v) is 2.15. The van der Waals surface area contributed by atoms with Crippen LogP contribution in [0.25, 0.3) is 0 Å². The van der Waals surface area contributed by atoms with Gasteiger partial charge in [-0.05, 0) is 12.1 Å². The Morgan fingerprint density at radius 1 is 1.11 bits per heavy atom. The molecule has 98 valence electrons. The second kappa shape index (κ2) is 3.54. The Hall–Kier alpha value is -1.43. The van der Waals surface area contributed by atoms with E-state index in [1.165, 1.54) is 0 Å². The lowest BCUT2D eigenvalue weighted by Gasteiger charge is -2.41. The van der Waals surface area contributed by atoms with E-state index in [1.54, 1.807) is 58.0 Å². The molecule has 1 aliphatic rings. The molecular weight excluding hydrogens is 232 g/mol. The van der Waals surface area contributed by atoms with Crippen molar-refractivity contribution < 1.29 is 14.8 Å². The summed E-state index contributed by atoms with van der Waals surface area (Å²) in [4.78, 5) is -1.66. The third kappa shape index (κ3) is 1.35. The zero-order valence-electron chi connectivity index (χ0n) is 11.0. The second-order valence-electron chi connectivity index (χ2n) is 5.68. The minimum absolute atomic E-state index is 0.161. The van der Waals surface area contributed by atoms with Crippen LogP contribution in [0.4, 0.5) is 0 Å². The fraction of sp³-hybridized carbons (Fsp3) is 0.462. The molecular formula is C13H18N2O3. The zero-order chi connectivity index (χ0) is 13.8. The van der Waals surface area contributed by atoms with E-state index in [0.717, 1.165) is 0 Å². The summed E-state index contributed by atoms with van der Waals surface area (Å²) in [5.74, 6) is -0.161. The van der Waals surface area contributed by atoms with Gasteiger partial charge in [0.25, 0.3) is 0 Å². The van der Waals surface area contributed by atoms with Gasteiger partial charge in [-0.3, -0.25) is 0 Å². The van der Waals surface area contributed by atoms with Gasteiger partial charge in [-0.2, -0.15) is 0 Å². The highest BCUT2D eigenvalue weighted by Gasteiger charge is 2.67. The summed E-state index contributed by atoms with van der Waals surface area (Å²) < 4.78 is 0.634. The van der Waals surface area contributed by atoms with Gasteiger partial charge in [0.05, 0.1) is 0 Å². The molecule has 18 heavy (non-hydrogen) atoms. The van der Waals surface area contributed by atoms with E-state index in [2.05, 4.69) is 0 Å². The number of quaternary nitrogens is 1. The average Bonchev–Trinajstić information content (AvgIpc) is 2.37. The molecule has 1 N–H and O–H groups in total. The zero-order valence-corrected chi connectivity index (χ0v) is 11.0. The molecule has 0 amide bonds. The van der Waals surface area contributed by atoms with E-state index in [9.17, 15) is 15.6 Å². The van der Waals surface area contributed by atoms with Crippen LogP contribution in [-0.2, 0) is 0 Å². The highest BCUT2D eigenvalue weighted by Crippen LogP contribution is 2.42. The van der Waals surface area contributed by atoms with Crippen molar-refractivity contribution in [3.63, 3.8) is 0 Å². The van der Waals surface area contributed by atoms with Gasteiger partial charge in [-0.1, -0.05) is 18.2 Å². The molecule has 1 aliphatic heterocycles. The SMILES string of the molecule is CC1(C)[N+]([O-])=C(c2ccccc2)[N+]([O-])(O)C1(C)C. The van der Waals surface area contributed by atoms with Crippen LogP contribution in [0.1, 0.15) is 33.3 Å². The van der Waals surface area contributed by atoms with Crippen LogP contribution < -0.4 is 0 Å². The van der Waals surface area contributed by atoms with E-state index < -0.39 is 15.9 Å². The van der Waals surface area contributed by atoms with E-state index in [-0.39, 0.29) is 5.84 Å². The van der Waals surface area contributed by atoms with Crippen LogP contribution in [0, 0.1) is 10.4 Å². The first-order valence-electron chi connectivity index (χ1n) is 5.87. The van der Waals surface area contributed by atoms with Gasteiger partial charge in [0, 0.05) is 27.7 Å². The van der Waals surface area contributed by atoms with Gasteiger partial charge in [0.1, 0.15) is 5.56 Å². The molecule has 1 heterocycles. The van der Waals surface area contributed by atoms with Crippen molar-refractivity contribution in [3.05, 3.63) is 46.3 Å². The third-order valence-corrected chi connectivity index (χ3v) is 4.27. The van der Waals surface area contributed by atoms with Gasteiger partial charge in [0.2, 0.25) is 5.54 Å². The molecule has 5 nitrogen and oxygen atoms in total. The van der Waals surface area contributed by atoms with Crippen LogP contribution in [-0.4, -0.2) is 31.7 Å². The Balaban J connectivity index is 2.70. The molecule has 1 aromatic rings. The van der Waals surface area contributed by atoms with Crippen molar-refractivity contribution in [2.75, 3.05) is 0 Å². The minimum Gasteiger partial charge on any atom is -0.619 e. The lowest BCUT2D eigenvalue weighted by atomic mass is 9.84. The van der Waals surface area contributed by atoms with Crippen LogP contribution in [0.15, 0.2) is 30.3 Å². The molecule has 0 radical (unpaired) electrons. The maximum atomic E-state index is 12.5. The van der Waals surface area contributed by atoms with Crippen LogP contribution in [0.5, 0.6) is 0 Å². The standard InChI is InChI=1S/C13H18N2O3/c1-12(2)13(3,4)15(17,18)11(14(12)16)10-8-6-5-7-9-10/h5-9,17H,1-4H3. The van der Waals surface area contributed by atoms with Crippen molar-refractivity contribution >= 4 is 5.84 Å². The number of amidine groups is 1. The summed E-state index contributed by atoms with van der Waals surface area (Å²) in [5, 5.41) is 35.1. The number of hydrogen-bond donors (Lipinski definition) is 1. The van der Waals surface area contributed by atoms with Crippen molar-refractivity contribution in [1.29, 1.82) is 0 Å². The Kier molecular flexibility index (Phi) is 2.56. The van der Waals surface area contributed by atoms with Crippen molar-refractivity contribution in [3.8, 4) is 0 Å². The predicted octanol–water partition coefficient (Wildman–Crippen LogP) is 2.22. The molecule has 5 heteroatoms. The molecule has 0 aromatic heterocycles. The van der Waals surface area contributed by atoms with Gasteiger partial charge in [-0.15, -0.1) is 9.55 Å². The van der Waals surface area contributed by atoms with Crippen molar-refractivity contribution in [2.24, 2.45) is 0 Å². The minimum atomic E-state index is -1.66. The van der Waals surface area contributed by atoms with E-state index in [0.29, 0.717) is 10.3 Å². The number of rotatable bonds is 1. The van der Waals surface area contributed by atoms with Gasteiger partial charge < -0.3 is 10.4 Å². The van der Waals surface area contributed by atoms with E-state index in [1.807, 2.05) is 0 Å². The second-order valence-corrected chi connectivity index (χ2v) is 5.68. The highest BCUT2D eigenvalue weighted by atomic mass is 16.9. The number of benzene rings is 1. The predicted molar refractivity (Wildman–Crippen MR) is 67.8 cm³/mol. The van der Waals surface area contributed by atoms with Crippen LogP contribution in [0.2, 0.25) is 0 Å². The molecule has 0 aliphatic carbocycles. The summed E-state index contributed by atoms with van der Waals surface area (Å²) in [6.45, 7) is 6.52. The van der Waals surface area contributed by atoms with Gasteiger partial charge >= 0.3 is 5.84 Å². The molecule has 1 unspecified atom stereocenters. The first kappa shape index (κ1) is 13.0. The Morgan fingerprint density at radius 2 is 1.61 bits per heavy atom. The average molecular weight is 250 g/mol. The Morgan fingerprint density at radius 3 is 2.00 bits per heavy atom. The molecule has 0 fully saturated rings.